The Kier molecular flexibility index (Phi) is 2.22. The second kappa shape index (κ2) is 3.74. The van der Waals surface area contributed by atoms with Gasteiger partial charge in [0.15, 0.2) is 0 Å². The van der Waals surface area contributed by atoms with Crippen LogP contribution >= 0.6 is 0 Å². The van der Waals surface area contributed by atoms with Gasteiger partial charge in [-0.15, -0.1) is 0 Å². The van der Waals surface area contributed by atoms with Crippen molar-refractivity contribution in [2.45, 2.75) is 13.8 Å². The lowest BCUT2D eigenvalue weighted by Crippen LogP contribution is -1.84. The van der Waals surface area contributed by atoms with Crippen LogP contribution in [-0.4, -0.2) is 9.38 Å². The van der Waals surface area contributed by atoms with E-state index in [0.717, 1.165) is 11.3 Å². The van der Waals surface area contributed by atoms with Gasteiger partial charge < -0.3 is 4.40 Å². The zero-order chi connectivity index (χ0) is 11.8. The number of nitrogens with zero attached hydrogens (tertiary/aromatic N) is 2. The molecule has 2 nitrogen and oxygen atoms in total. The van der Waals surface area contributed by atoms with Gasteiger partial charge in [-0.05, 0) is 31.5 Å². The summed E-state index contributed by atoms with van der Waals surface area (Å²) < 4.78 is 2.05. The molecule has 17 heavy (non-hydrogen) atoms. The van der Waals surface area contributed by atoms with Crippen LogP contribution in [0.4, 0.5) is 0 Å². The molecule has 0 saturated heterocycles. The number of aryl methyl sites for hydroxylation is 2. The summed E-state index contributed by atoms with van der Waals surface area (Å²) in [6, 6.07) is 12.5. The lowest BCUT2D eigenvalue weighted by Gasteiger charge is -2.02. The van der Waals surface area contributed by atoms with E-state index < -0.39 is 0 Å². The summed E-state index contributed by atoms with van der Waals surface area (Å²) in [5.41, 5.74) is 5.79. The van der Waals surface area contributed by atoms with Gasteiger partial charge in [-0.1, -0.05) is 29.8 Å². The Labute approximate surface area is 101 Å². The molecule has 0 aliphatic heterocycles. The van der Waals surface area contributed by atoms with Gasteiger partial charge >= 0.3 is 0 Å². The van der Waals surface area contributed by atoms with Crippen LogP contribution in [0.1, 0.15) is 11.1 Å². The zero-order valence-electron chi connectivity index (χ0n) is 10.0. The third-order valence-electron chi connectivity index (χ3n) is 3.02. The molecule has 0 N–H and O–H groups in total. The average Bonchev–Trinajstić information content (AvgIpc) is 2.72. The van der Waals surface area contributed by atoms with Gasteiger partial charge in [0.2, 0.25) is 0 Å². The summed E-state index contributed by atoms with van der Waals surface area (Å²) in [5.74, 6) is 0. The Bertz CT molecular complexity index is 647. The van der Waals surface area contributed by atoms with Crippen LogP contribution in [0.3, 0.4) is 0 Å². The van der Waals surface area contributed by atoms with E-state index in [1.165, 1.54) is 16.7 Å². The number of hydrogen-bond donors (Lipinski definition) is 0. The Morgan fingerprint density at radius 3 is 2.71 bits per heavy atom. The van der Waals surface area contributed by atoms with Crippen LogP contribution in [-0.2, 0) is 0 Å². The molecule has 84 valence electrons. The molecule has 2 heterocycles. The number of hydrogen-bond acceptors (Lipinski definition) is 1. The second-order valence-electron chi connectivity index (χ2n) is 4.41. The maximum absolute atomic E-state index is 4.64. The normalized spacial score (nSPS) is 10.9. The van der Waals surface area contributed by atoms with Crippen molar-refractivity contribution >= 4 is 5.65 Å². The number of pyridine rings is 1. The van der Waals surface area contributed by atoms with E-state index >= 15 is 0 Å². The summed E-state index contributed by atoms with van der Waals surface area (Å²) in [6.45, 7) is 4.24. The Morgan fingerprint density at radius 2 is 1.94 bits per heavy atom. The highest BCUT2D eigenvalue weighted by atomic mass is 15.0. The first-order chi connectivity index (χ1) is 8.24. The largest absolute Gasteiger partial charge is 0.306 e. The Hall–Kier alpha value is -2.09. The van der Waals surface area contributed by atoms with E-state index in [4.69, 9.17) is 0 Å². The van der Waals surface area contributed by atoms with E-state index in [0.29, 0.717) is 0 Å². The molecule has 2 aromatic heterocycles. The predicted octanol–water partition coefficient (Wildman–Crippen LogP) is 3.62. The first-order valence-corrected chi connectivity index (χ1v) is 5.75. The van der Waals surface area contributed by atoms with Crippen LogP contribution < -0.4 is 0 Å². The van der Waals surface area contributed by atoms with Crippen molar-refractivity contribution in [3.63, 3.8) is 0 Å². The molecule has 0 atom stereocenters. The van der Waals surface area contributed by atoms with Gasteiger partial charge in [0, 0.05) is 18.0 Å². The molecule has 3 rings (SSSR count). The predicted molar refractivity (Wildman–Crippen MR) is 70.1 cm³/mol. The molecular weight excluding hydrogens is 208 g/mol. The fourth-order valence-electron chi connectivity index (χ4n) is 2.17. The lowest BCUT2D eigenvalue weighted by molar-refractivity contribution is 1.19. The van der Waals surface area contributed by atoms with Gasteiger partial charge in [0.25, 0.3) is 0 Å². The molecule has 0 fully saturated rings. The van der Waals surface area contributed by atoms with Crippen LogP contribution in [0.25, 0.3) is 16.9 Å². The highest BCUT2D eigenvalue weighted by Crippen LogP contribution is 2.23. The molecule has 0 unspecified atom stereocenters. The monoisotopic (exact) mass is 222 g/mol. The number of benzene rings is 1. The standard InChI is InChI=1S/C15H14N2/c1-11-6-7-13(12(2)9-11)14-10-17-8-4-3-5-15(17)16-14/h3-10H,1-2H3. The van der Waals surface area contributed by atoms with Crippen molar-refractivity contribution in [2.75, 3.05) is 0 Å². The zero-order valence-corrected chi connectivity index (χ0v) is 10.0. The summed E-state index contributed by atoms with van der Waals surface area (Å²) in [6.07, 6.45) is 4.10. The summed E-state index contributed by atoms with van der Waals surface area (Å²) in [4.78, 5) is 4.64. The number of imidazole rings is 1. The molecule has 0 saturated carbocycles. The first kappa shape index (κ1) is 10.1. The maximum atomic E-state index is 4.64. The summed E-state index contributed by atoms with van der Waals surface area (Å²) in [7, 11) is 0. The summed E-state index contributed by atoms with van der Waals surface area (Å²) >= 11 is 0. The molecule has 0 spiro atoms. The molecule has 0 aliphatic rings. The molecule has 1 aromatic carbocycles. The SMILES string of the molecule is Cc1ccc(-c2cn3ccccc3n2)c(C)c1. The van der Waals surface area contributed by atoms with E-state index in [1.54, 1.807) is 0 Å². The van der Waals surface area contributed by atoms with Crippen LogP contribution in [0.2, 0.25) is 0 Å². The molecule has 0 bridgehead atoms. The van der Waals surface area contributed by atoms with Gasteiger partial charge in [-0.2, -0.15) is 0 Å². The number of aromatic nitrogens is 2. The van der Waals surface area contributed by atoms with Gasteiger partial charge in [-0.25, -0.2) is 4.98 Å². The summed E-state index contributed by atoms with van der Waals surface area (Å²) in [5, 5.41) is 0. The third kappa shape index (κ3) is 1.72. The van der Waals surface area contributed by atoms with Gasteiger partial charge in [-0.3, -0.25) is 0 Å². The lowest BCUT2D eigenvalue weighted by atomic mass is 10.0. The molecule has 3 aromatic rings. The molecule has 0 aliphatic carbocycles. The van der Waals surface area contributed by atoms with Crippen LogP contribution in [0, 0.1) is 13.8 Å². The molecule has 0 amide bonds. The second-order valence-corrected chi connectivity index (χ2v) is 4.41. The van der Waals surface area contributed by atoms with Gasteiger partial charge in [0.1, 0.15) is 5.65 Å². The van der Waals surface area contributed by atoms with Crippen molar-refractivity contribution in [3.05, 3.63) is 59.9 Å². The minimum Gasteiger partial charge on any atom is -0.306 e. The van der Waals surface area contributed by atoms with E-state index in [9.17, 15) is 0 Å². The highest BCUT2D eigenvalue weighted by Gasteiger charge is 2.06. The third-order valence-corrected chi connectivity index (χ3v) is 3.02. The molecule has 2 heteroatoms. The van der Waals surface area contributed by atoms with Crippen molar-refractivity contribution in [2.24, 2.45) is 0 Å². The topological polar surface area (TPSA) is 17.3 Å². The number of fused-ring (bicyclic) bond motifs is 1. The Balaban J connectivity index is 2.20. The smallest absolute Gasteiger partial charge is 0.137 e. The fraction of sp³-hybridized carbons (Fsp3) is 0.133. The van der Waals surface area contributed by atoms with Crippen molar-refractivity contribution < 1.29 is 0 Å². The van der Waals surface area contributed by atoms with Crippen molar-refractivity contribution in [3.8, 4) is 11.3 Å². The maximum Gasteiger partial charge on any atom is 0.137 e. The van der Waals surface area contributed by atoms with E-state index in [-0.39, 0.29) is 0 Å². The molecule has 0 radical (unpaired) electrons. The van der Waals surface area contributed by atoms with Gasteiger partial charge in [0.05, 0.1) is 5.69 Å². The van der Waals surface area contributed by atoms with Crippen molar-refractivity contribution in [1.82, 2.24) is 9.38 Å². The Morgan fingerprint density at radius 1 is 1.06 bits per heavy atom. The number of rotatable bonds is 1. The van der Waals surface area contributed by atoms with E-state index in [1.807, 2.05) is 24.4 Å². The van der Waals surface area contributed by atoms with Crippen LogP contribution in [0.15, 0.2) is 48.8 Å². The quantitative estimate of drug-likeness (QED) is 0.614. The van der Waals surface area contributed by atoms with Crippen molar-refractivity contribution in [1.29, 1.82) is 0 Å². The fourth-order valence-corrected chi connectivity index (χ4v) is 2.17. The average molecular weight is 222 g/mol. The minimum absolute atomic E-state index is 0.988. The van der Waals surface area contributed by atoms with Crippen LogP contribution in [0.5, 0.6) is 0 Å². The van der Waals surface area contributed by atoms with E-state index in [2.05, 4.69) is 47.6 Å². The molecular formula is C15H14N2. The highest BCUT2D eigenvalue weighted by molar-refractivity contribution is 5.66. The minimum atomic E-state index is 0.988. The first-order valence-electron chi connectivity index (χ1n) is 5.75.